The Kier molecular flexibility index (Phi) is 4.40. The van der Waals surface area contributed by atoms with Crippen LogP contribution in [0.25, 0.3) is 6.08 Å². The van der Waals surface area contributed by atoms with E-state index in [2.05, 4.69) is 0 Å². The zero-order chi connectivity index (χ0) is 12.7. The van der Waals surface area contributed by atoms with Crippen LogP contribution in [0, 0.1) is 11.3 Å². The van der Waals surface area contributed by atoms with Gasteiger partial charge in [-0.3, -0.25) is 4.79 Å². The first-order valence-corrected chi connectivity index (χ1v) is 4.76. The maximum atomic E-state index is 11.0. The Bertz CT molecular complexity index is 521. The van der Waals surface area contributed by atoms with Crippen LogP contribution in [-0.2, 0) is 9.59 Å². The van der Waals surface area contributed by atoms with Gasteiger partial charge < -0.3 is 5.11 Å². The number of benzene rings is 1. The molecule has 1 aromatic carbocycles. The molecule has 0 fully saturated rings. The highest BCUT2D eigenvalue weighted by molar-refractivity contribution is 6.40. The molecule has 0 aliphatic heterocycles. The molecule has 0 saturated carbocycles. The molecule has 4 nitrogen and oxygen atoms in total. The standard InChI is InChI=1S/C13H9NO3/c14-9-11(12(15)13(16)17)8-4-7-10-5-2-1-3-6-10/h1-8H,(H,16,17). The van der Waals surface area contributed by atoms with Gasteiger partial charge in [0.1, 0.15) is 11.6 Å². The fourth-order valence-electron chi connectivity index (χ4n) is 1.10. The van der Waals surface area contributed by atoms with Crippen LogP contribution in [0.1, 0.15) is 5.56 Å². The Hall–Kier alpha value is -2.67. The molecule has 4 heteroatoms. The Morgan fingerprint density at radius 1 is 1.24 bits per heavy atom. The van der Waals surface area contributed by atoms with E-state index in [-0.39, 0.29) is 0 Å². The van der Waals surface area contributed by atoms with Crippen LogP contribution in [0.3, 0.4) is 0 Å². The summed E-state index contributed by atoms with van der Waals surface area (Å²) in [6, 6.07) is 10.8. The zero-order valence-corrected chi connectivity index (χ0v) is 8.83. The molecule has 1 aromatic rings. The highest BCUT2D eigenvalue weighted by atomic mass is 16.4. The number of carboxylic acid groups (broad SMARTS) is 1. The molecule has 1 rings (SSSR count). The first kappa shape index (κ1) is 12.4. The van der Waals surface area contributed by atoms with Crippen LogP contribution < -0.4 is 0 Å². The zero-order valence-electron chi connectivity index (χ0n) is 8.83. The first-order valence-electron chi connectivity index (χ1n) is 4.76. The van der Waals surface area contributed by atoms with Crippen LogP contribution in [0.15, 0.2) is 48.1 Å². The molecule has 0 saturated heterocycles. The van der Waals surface area contributed by atoms with Crippen molar-refractivity contribution in [2.45, 2.75) is 0 Å². The number of Topliss-reactive ketones (excluding diaryl/α,β-unsaturated/α-hetero) is 1. The van der Waals surface area contributed by atoms with Crippen molar-refractivity contribution in [1.82, 2.24) is 0 Å². The van der Waals surface area contributed by atoms with Gasteiger partial charge in [-0.05, 0) is 11.6 Å². The van der Waals surface area contributed by atoms with E-state index >= 15 is 0 Å². The minimum Gasteiger partial charge on any atom is -0.475 e. The third kappa shape index (κ3) is 3.76. The Balaban J connectivity index is 2.83. The van der Waals surface area contributed by atoms with Crippen LogP contribution in [-0.4, -0.2) is 16.9 Å². The van der Waals surface area contributed by atoms with Crippen LogP contribution in [0.2, 0.25) is 0 Å². The van der Waals surface area contributed by atoms with Crippen molar-refractivity contribution in [3.8, 4) is 6.07 Å². The van der Waals surface area contributed by atoms with E-state index < -0.39 is 17.3 Å². The van der Waals surface area contributed by atoms with Crippen LogP contribution in [0.5, 0.6) is 0 Å². The van der Waals surface area contributed by atoms with Crippen molar-refractivity contribution >= 4 is 17.8 Å². The maximum absolute atomic E-state index is 11.0. The molecule has 0 aliphatic carbocycles. The molecule has 0 aliphatic rings. The number of hydrogen-bond donors (Lipinski definition) is 1. The molecular weight excluding hydrogens is 218 g/mol. The van der Waals surface area contributed by atoms with Crippen molar-refractivity contribution < 1.29 is 14.7 Å². The predicted molar refractivity (Wildman–Crippen MR) is 61.8 cm³/mol. The third-order valence-corrected chi connectivity index (χ3v) is 1.91. The lowest BCUT2D eigenvalue weighted by Gasteiger charge is -1.90. The lowest BCUT2D eigenvalue weighted by Crippen LogP contribution is -2.13. The number of nitrogens with zero attached hydrogens (tertiary/aromatic N) is 1. The minimum absolute atomic E-state index is 0.398. The van der Waals surface area contributed by atoms with Gasteiger partial charge in [0.25, 0.3) is 5.78 Å². The molecule has 1 N–H and O–H groups in total. The smallest absolute Gasteiger partial charge is 0.378 e. The first-order chi connectivity index (χ1) is 8.15. The number of nitriles is 1. The second-order valence-corrected chi connectivity index (χ2v) is 3.10. The van der Waals surface area contributed by atoms with E-state index in [1.807, 2.05) is 30.3 Å². The number of ketones is 1. The average molecular weight is 227 g/mol. The topological polar surface area (TPSA) is 78.2 Å². The summed E-state index contributed by atoms with van der Waals surface area (Å²) in [4.78, 5) is 21.4. The number of allylic oxidation sites excluding steroid dienone is 2. The van der Waals surface area contributed by atoms with E-state index in [4.69, 9.17) is 10.4 Å². The van der Waals surface area contributed by atoms with E-state index in [1.165, 1.54) is 12.2 Å². The van der Waals surface area contributed by atoms with E-state index in [0.717, 1.165) is 5.56 Å². The predicted octanol–water partition coefficient (Wildman–Crippen LogP) is 1.80. The van der Waals surface area contributed by atoms with Gasteiger partial charge in [-0.2, -0.15) is 5.26 Å². The quantitative estimate of drug-likeness (QED) is 0.368. The van der Waals surface area contributed by atoms with Gasteiger partial charge in [-0.1, -0.05) is 42.5 Å². The van der Waals surface area contributed by atoms with Gasteiger partial charge in [0.15, 0.2) is 0 Å². The fourth-order valence-corrected chi connectivity index (χ4v) is 1.10. The van der Waals surface area contributed by atoms with Crippen molar-refractivity contribution in [3.05, 3.63) is 53.6 Å². The molecule has 0 spiro atoms. The monoisotopic (exact) mass is 227 g/mol. The van der Waals surface area contributed by atoms with Gasteiger partial charge in [0.05, 0.1) is 0 Å². The van der Waals surface area contributed by atoms with Gasteiger partial charge in [0, 0.05) is 0 Å². The summed E-state index contributed by atoms with van der Waals surface area (Å²) in [5.41, 5.74) is 0.494. The van der Waals surface area contributed by atoms with Crippen molar-refractivity contribution in [2.24, 2.45) is 0 Å². The molecule has 0 aromatic heterocycles. The molecule has 0 bridgehead atoms. The normalized spacial score (nSPS) is 11.1. The van der Waals surface area contributed by atoms with Crippen molar-refractivity contribution in [2.75, 3.05) is 0 Å². The van der Waals surface area contributed by atoms with Gasteiger partial charge >= 0.3 is 5.97 Å². The minimum atomic E-state index is -1.63. The lowest BCUT2D eigenvalue weighted by atomic mass is 10.1. The second kappa shape index (κ2) is 6.03. The van der Waals surface area contributed by atoms with E-state index in [9.17, 15) is 9.59 Å². The number of hydrogen-bond acceptors (Lipinski definition) is 3. The highest BCUT2D eigenvalue weighted by Gasteiger charge is 2.16. The second-order valence-electron chi connectivity index (χ2n) is 3.10. The maximum Gasteiger partial charge on any atom is 0.378 e. The van der Waals surface area contributed by atoms with Gasteiger partial charge in [0.2, 0.25) is 0 Å². The summed E-state index contributed by atoms with van der Waals surface area (Å²) in [7, 11) is 0. The number of aliphatic carboxylic acids is 1. The van der Waals surface area contributed by atoms with Crippen molar-refractivity contribution in [1.29, 1.82) is 5.26 Å². The van der Waals surface area contributed by atoms with E-state index in [1.54, 1.807) is 12.1 Å². The highest BCUT2D eigenvalue weighted by Crippen LogP contribution is 2.02. The summed E-state index contributed by atoms with van der Waals surface area (Å²) in [6.45, 7) is 0. The van der Waals surface area contributed by atoms with Crippen LogP contribution in [0.4, 0.5) is 0 Å². The Labute approximate surface area is 98.1 Å². The molecule has 17 heavy (non-hydrogen) atoms. The molecule has 0 radical (unpaired) electrons. The molecule has 0 amide bonds. The van der Waals surface area contributed by atoms with Gasteiger partial charge in [-0.15, -0.1) is 0 Å². The largest absolute Gasteiger partial charge is 0.475 e. The summed E-state index contributed by atoms with van der Waals surface area (Å²) < 4.78 is 0. The Morgan fingerprint density at radius 2 is 1.88 bits per heavy atom. The van der Waals surface area contributed by atoms with E-state index in [0.29, 0.717) is 0 Å². The number of rotatable bonds is 4. The number of carboxylic acids is 1. The summed E-state index contributed by atoms with van der Waals surface area (Å²) >= 11 is 0. The van der Waals surface area contributed by atoms with Crippen molar-refractivity contribution in [3.63, 3.8) is 0 Å². The summed E-state index contributed by atoms with van der Waals surface area (Å²) in [6.07, 6.45) is 4.32. The average Bonchev–Trinajstić information content (AvgIpc) is 2.35. The lowest BCUT2D eigenvalue weighted by molar-refractivity contribution is -0.147. The van der Waals surface area contributed by atoms with Crippen LogP contribution >= 0.6 is 0 Å². The SMILES string of the molecule is N#CC(=CC=Cc1ccccc1)C(=O)C(=O)O. The molecule has 0 unspecified atom stereocenters. The third-order valence-electron chi connectivity index (χ3n) is 1.91. The summed E-state index contributed by atoms with van der Waals surface area (Å²) in [5, 5.41) is 17.0. The molecular formula is C13H9NO3. The number of carbonyl (C=O) groups is 2. The van der Waals surface area contributed by atoms with Gasteiger partial charge in [-0.25, -0.2) is 4.79 Å². The summed E-state index contributed by atoms with van der Waals surface area (Å²) in [5.74, 6) is -2.84. The molecule has 0 heterocycles. The number of carbonyl (C=O) groups excluding carboxylic acids is 1. The fraction of sp³-hybridized carbons (Fsp3) is 0. The Morgan fingerprint density at radius 3 is 2.41 bits per heavy atom. The molecule has 0 atom stereocenters. The molecule has 84 valence electrons.